The fraction of sp³-hybridized carbons (Fsp3) is 0.622. The molecular formula is C37H58F3N3O3. The Bertz CT molecular complexity index is 1060. The Hall–Kier alpha value is -3.23. The van der Waals surface area contributed by atoms with Crippen molar-refractivity contribution in [1.29, 1.82) is 0 Å². The maximum atomic E-state index is 13.0. The Balaban J connectivity index is 0.000000624. The van der Waals surface area contributed by atoms with E-state index in [0.717, 1.165) is 43.4 Å². The molecule has 6 nitrogen and oxygen atoms in total. The average molecular weight is 650 g/mol. The van der Waals surface area contributed by atoms with Crippen LogP contribution in [0.3, 0.4) is 0 Å². The molecule has 2 N–H and O–H groups in total. The molecule has 9 heteroatoms. The Labute approximate surface area is 275 Å². The van der Waals surface area contributed by atoms with Gasteiger partial charge in [-0.15, -0.1) is 0 Å². The van der Waals surface area contributed by atoms with Gasteiger partial charge < -0.3 is 20.3 Å². The van der Waals surface area contributed by atoms with E-state index < -0.39 is 18.5 Å². The molecule has 2 amide bonds. The van der Waals surface area contributed by atoms with Gasteiger partial charge in [-0.1, -0.05) is 115 Å². The van der Waals surface area contributed by atoms with Crippen LogP contribution < -0.4 is 15.5 Å². The highest BCUT2D eigenvalue weighted by molar-refractivity contribution is 6.01. The van der Waals surface area contributed by atoms with Crippen LogP contribution in [0.4, 0.5) is 35.0 Å². The van der Waals surface area contributed by atoms with Crippen molar-refractivity contribution in [3.63, 3.8) is 0 Å². The molecular weight excluding hydrogens is 591 g/mol. The molecule has 3 aliphatic carbocycles. The number of ether oxygens (including phenoxy) is 1. The molecule has 0 aliphatic heterocycles. The number of benzene rings is 2. The van der Waals surface area contributed by atoms with E-state index in [-0.39, 0.29) is 12.1 Å². The normalized spacial score (nSPS) is 15.5. The number of rotatable bonds is 9. The lowest BCUT2D eigenvalue weighted by molar-refractivity contribution is -0.142. The third-order valence-corrected chi connectivity index (χ3v) is 7.46. The smallest absolute Gasteiger partial charge is 0.389 e. The lowest BCUT2D eigenvalue weighted by Crippen LogP contribution is -2.41. The maximum absolute atomic E-state index is 13.0. The van der Waals surface area contributed by atoms with E-state index in [9.17, 15) is 22.8 Å². The molecule has 2 aromatic rings. The number of nitrogens with one attached hydrogen (secondary N) is 2. The molecule has 0 aromatic heterocycles. The summed E-state index contributed by atoms with van der Waals surface area (Å²) in [5.74, 6) is -0.550. The molecule has 2 aromatic carbocycles. The van der Waals surface area contributed by atoms with Gasteiger partial charge in [0.25, 0.3) is 6.47 Å². The summed E-state index contributed by atoms with van der Waals surface area (Å²) in [7, 11) is 0. The fourth-order valence-electron chi connectivity index (χ4n) is 4.70. The molecule has 1 atom stereocenters. The van der Waals surface area contributed by atoms with Gasteiger partial charge in [-0.3, -0.25) is 4.79 Å². The topological polar surface area (TPSA) is 70.7 Å². The Kier molecular flexibility index (Phi) is 21.3. The standard InChI is InChI=1S/C25H32F3N3O.C4H8.C3H6O2.C3H6.C2H6/c1-18-12-14-20(15-13-18)29-24(32)30-22-10-6-7-11-23(22)31(21-8-4-3-5-9-21)17-19(2)16-25(26,27)28;1-2-4-3-1;1-2-5-3-4;1-2-3-1;1-2/h6-7,10-15,19,21H,3-5,8-9,16-17H2,1-2H3,(H2,29,30,32);1-4H2;3H,2H2,1H3;1-3H2;1-2H3. The van der Waals surface area contributed by atoms with Crippen LogP contribution in [-0.2, 0) is 9.53 Å². The molecule has 3 aliphatic rings. The highest BCUT2D eigenvalue weighted by Crippen LogP contribution is 2.35. The Morgan fingerprint density at radius 1 is 0.891 bits per heavy atom. The number of hydrogen-bond acceptors (Lipinski definition) is 4. The van der Waals surface area contributed by atoms with Crippen LogP contribution in [0.5, 0.6) is 0 Å². The zero-order valence-corrected chi connectivity index (χ0v) is 28.8. The van der Waals surface area contributed by atoms with Crippen molar-refractivity contribution in [2.24, 2.45) is 5.92 Å². The number of aryl methyl sites for hydroxylation is 1. The van der Waals surface area contributed by atoms with Crippen molar-refractivity contribution in [2.75, 3.05) is 28.7 Å². The first-order chi connectivity index (χ1) is 22.1. The van der Waals surface area contributed by atoms with Crippen LogP contribution in [0.15, 0.2) is 48.5 Å². The number of alkyl halides is 3. The van der Waals surface area contributed by atoms with Gasteiger partial charge in [-0.2, -0.15) is 13.2 Å². The van der Waals surface area contributed by atoms with Crippen molar-refractivity contribution in [3.8, 4) is 0 Å². The summed E-state index contributed by atoms with van der Waals surface area (Å²) in [6.07, 6.45) is 10.7. The number of carbonyl (C=O) groups excluding carboxylic acids is 2. The lowest BCUT2D eigenvalue weighted by atomic mass is 9.92. The summed E-state index contributed by atoms with van der Waals surface area (Å²) >= 11 is 0. The second-order valence-corrected chi connectivity index (χ2v) is 11.9. The second kappa shape index (κ2) is 24.0. The van der Waals surface area contributed by atoms with Crippen LogP contribution in [0.2, 0.25) is 0 Å². The third-order valence-electron chi connectivity index (χ3n) is 7.46. The first-order valence-electron chi connectivity index (χ1n) is 17.2. The number of hydrogen-bond donors (Lipinski definition) is 2. The number of halogens is 3. The molecule has 3 saturated carbocycles. The summed E-state index contributed by atoms with van der Waals surface area (Å²) in [5.41, 5.74) is 3.14. The summed E-state index contributed by atoms with van der Waals surface area (Å²) < 4.78 is 43.2. The van der Waals surface area contributed by atoms with E-state index in [2.05, 4.69) is 20.3 Å². The first-order valence-corrected chi connectivity index (χ1v) is 17.2. The molecule has 0 spiro atoms. The molecule has 260 valence electrons. The summed E-state index contributed by atoms with van der Waals surface area (Å²) in [6, 6.07) is 14.6. The second-order valence-electron chi connectivity index (χ2n) is 11.9. The summed E-state index contributed by atoms with van der Waals surface area (Å²) in [6.45, 7) is 10.6. The van der Waals surface area contributed by atoms with E-state index in [1.165, 1.54) is 44.9 Å². The Morgan fingerprint density at radius 3 is 1.87 bits per heavy atom. The van der Waals surface area contributed by atoms with Gasteiger partial charge in [-0.25, -0.2) is 4.79 Å². The van der Waals surface area contributed by atoms with E-state index in [4.69, 9.17) is 0 Å². The fourth-order valence-corrected chi connectivity index (χ4v) is 4.70. The zero-order valence-electron chi connectivity index (χ0n) is 28.8. The molecule has 5 rings (SSSR count). The largest absolute Gasteiger partial charge is 0.468 e. The predicted octanol–water partition coefficient (Wildman–Crippen LogP) is 11.3. The third kappa shape index (κ3) is 19.3. The Morgan fingerprint density at radius 2 is 1.41 bits per heavy atom. The maximum Gasteiger partial charge on any atom is 0.389 e. The van der Waals surface area contributed by atoms with Crippen molar-refractivity contribution in [3.05, 3.63) is 54.1 Å². The quantitative estimate of drug-likeness (QED) is 0.265. The number of carbonyl (C=O) groups is 2. The van der Waals surface area contributed by atoms with E-state index in [1.54, 1.807) is 19.9 Å². The molecule has 3 fully saturated rings. The minimum atomic E-state index is -4.19. The number of urea groups is 1. The zero-order chi connectivity index (χ0) is 34.2. The molecule has 0 bridgehead atoms. The van der Waals surface area contributed by atoms with E-state index >= 15 is 0 Å². The lowest BCUT2D eigenvalue weighted by Gasteiger charge is -2.39. The minimum Gasteiger partial charge on any atom is -0.468 e. The monoisotopic (exact) mass is 649 g/mol. The van der Waals surface area contributed by atoms with Crippen LogP contribution in [0.25, 0.3) is 0 Å². The molecule has 0 saturated heterocycles. The van der Waals surface area contributed by atoms with Crippen LogP contribution >= 0.6 is 0 Å². The van der Waals surface area contributed by atoms with Crippen molar-refractivity contribution >= 4 is 29.6 Å². The van der Waals surface area contributed by atoms with Gasteiger partial charge in [0.15, 0.2) is 0 Å². The summed E-state index contributed by atoms with van der Waals surface area (Å²) in [5, 5.41) is 5.72. The van der Waals surface area contributed by atoms with Crippen molar-refractivity contribution in [2.45, 2.75) is 130 Å². The van der Waals surface area contributed by atoms with Crippen LogP contribution in [-0.4, -0.2) is 37.9 Å². The average Bonchev–Trinajstić information content (AvgIpc) is 3.88. The minimum absolute atomic E-state index is 0.169. The van der Waals surface area contributed by atoms with Gasteiger partial charge in [0.2, 0.25) is 0 Å². The molecule has 46 heavy (non-hydrogen) atoms. The molecule has 0 radical (unpaired) electrons. The molecule has 1 unspecified atom stereocenters. The van der Waals surface area contributed by atoms with Gasteiger partial charge in [0.1, 0.15) is 0 Å². The number of nitrogens with zero attached hydrogens (tertiary/aromatic N) is 1. The number of para-hydroxylation sites is 2. The van der Waals surface area contributed by atoms with Gasteiger partial charge in [0, 0.05) is 24.7 Å². The van der Waals surface area contributed by atoms with Gasteiger partial charge in [-0.05, 0) is 56.9 Å². The van der Waals surface area contributed by atoms with Gasteiger partial charge >= 0.3 is 12.2 Å². The summed E-state index contributed by atoms with van der Waals surface area (Å²) in [4.78, 5) is 23.9. The molecule has 0 heterocycles. The highest BCUT2D eigenvalue weighted by atomic mass is 19.4. The van der Waals surface area contributed by atoms with E-state index in [1.807, 2.05) is 63.2 Å². The van der Waals surface area contributed by atoms with E-state index in [0.29, 0.717) is 31.0 Å². The van der Waals surface area contributed by atoms with Crippen LogP contribution in [0, 0.1) is 12.8 Å². The predicted molar refractivity (Wildman–Crippen MR) is 186 cm³/mol. The van der Waals surface area contributed by atoms with Gasteiger partial charge in [0.05, 0.1) is 18.0 Å². The van der Waals surface area contributed by atoms with Crippen molar-refractivity contribution < 1.29 is 27.5 Å². The van der Waals surface area contributed by atoms with Crippen LogP contribution in [0.1, 0.15) is 117 Å². The SMILES string of the molecule is C1CC1.C1CCC1.CC.CCOC=O.Cc1ccc(NC(=O)Nc2ccccc2N(CC(C)CC(F)(F)F)C2CCCCC2)cc1. The van der Waals surface area contributed by atoms with Crippen molar-refractivity contribution in [1.82, 2.24) is 0 Å². The number of amides is 2. The first kappa shape index (κ1) is 40.8. The highest BCUT2D eigenvalue weighted by Gasteiger charge is 2.32. The number of anilines is 3.